The lowest BCUT2D eigenvalue weighted by atomic mass is 9.87. The summed E-state index contributed by atoms with van der Waals surface area (Å²) in [5.74, 6) is -0.438. The van der Waals surface area contributed by atoms with Crippen LogP contribution in [0.3, 0.4) is 0 Å². The molecule has 1 aromatic rings. The fourth-order valence-electron chi connectivity index (χ4n) is 3.35. The van der Waals surface area contributed by atoms with Crippen LogP contribution in [0.2, 0.25) is 0 Å². The van der Waals surface area contributed by atoms with Gasteiger partial charge in [0.15, 0.2) is 5.82 Å². The first-order valence-corrected chi connectivity index (χ1v) is 8.19. The number of hydrogen-bond donors (Lipinski definition) is 1. The lowest BCUT2D eigenvalue weighted by Gasteiger charge is -2.38. The van der Waals surface area contributed by atoms with E-state index in [-0.39, 0.29) is 19.1 Å². The first-order chi connectivity index (χ1) is 12.2. The topological polar surface area (TPSA) is 76.8 Å². The average molecular weight is 381 g/mol. The van der Waals surface area contributed by atoms with Crippen LogP contribution in [0.4, 0.5) is 22.4 Å². The van der Waals surface area contributed by atoms with E-state index in [9.17, 15) is 22.4 Å². The number of nitrogens with zero attached hydrogens (tertiary/aromatic N) is 3. The molecule has 3 rings (SSSR count). The Hall–Kier alpha value is -1.88. The van der Waals surface area contributed by atoms with Gasteiger partial charge < -0.3 is 19.5 Å². The predicted molar refractivity (Wildman–Crippen MR) is 78.7 cm³/mol. The minimum Gasteiger partial charge on any atom is -0.434 e. The summed E-state index contributed by atoms with van der Waals surface area (Å²) in [5.41, 5.74) is -0.510. The van der Waals surface area contributed by atoms with Gasteiger partial charge in [-0.2, -0.15) is 18.3 Å². The van der Waals surface area contributed by atoms with E-state index in [0.29, 0.717) is 25.9 Å². The third-order valence-electron chi connectivity index (χ3n) is 4.84. The molecule has 7 nitrogen and oxygen atoms in total. The van der Waals surface area contributed by atoms with E-state index < -0.39 is 36.4 Å². The first kappa shape index (κ1) is 18.9. The SMILES string of the molecule is O=C(O[C@H](CO)C(F)(F)F)N1CCC2(CC1)C[C@@H](n1cc(F)cn1)CO2. The molecule has 1 spiro atoms. The molecule has 2 saturated heterocycles. The molecular weight excluding hydrogens is 362 g/mol. The minimum absolute atomic E-state index is 0.123. The van der Waals surface area contributed by atoms with Crippen molar-refractivity contribution in [1.29, 1.82) is 0 Å². The molecule has 2 fully saturated rings. The zero-order chi connectivity index (χ0) is 18.9. The van der Waals surface area contributed by atoms with Gasteiger partial charge in [-0.3, -0.25) is 4.68 Å². The summed E-state index contributed by atoms with van der Waals surface area (Å²) in [6.07, 6.45) is -4.63. The molecule has 1 aromatic heterocycles. The van der Waals surface area contributed by atoms with Gasteiger partial charge in [-0.25, -0.2) is 9.18 Å². The molecule has 11 heteroatoms. The maximum Gasteiger partial charge on any atom is 0.427 e. The Bertz CT molecular complexity index is 643. The van der Waals surface area contributed by atoms with Gasteiger partial charge in [-0.05, 0) is 12.8 Å². The maximum atomic E-state index is 13.1. The molecule has 0 aliphatic carbocycles. The fraction of sp³-hybridized carbons (Fsp3) is 0.733. The van der Waals surface area contributed by atoms with Gasteiger partial charge in [0.2, 0.25) is 6.10 Å². The van der Waals surface area contributed by atoms with Crippen molar-refractivity contribution in [3.63, 3.8) is 0 Å². The Labute approximate surface area is 146 Å². The highest BCUT2D eigenvalue weighted by Crippen LogP contribution is 2.40. The molecule has 1 N–H and O–H groups in total. The minimum atomic E-state index is -4.82. The van der Waals surface area contributed by atoms with E-state index in [0.717, 1.165) is 6.20 Å². The number of halogens is 4. The van der Waals surface area contributed by atoms with Crippen LogP contribution >= 0.6 is 0 Å². The first-order valence-electron chi connectivity index (χ1n) is 8.19. The van der Waals surface area contributed by atoms with Crippen LogP contribution in [0.25, 0.3) is 0 Å². The second-order valence-corrected chi connectivity index (χ2v) is 6.57. The number of rotatable bonds is 3. The molecule has 2 atom stereocenters. The number of ether oxygens (including phenoxy) is 2. The number of carbonyl (C=O) groups is 1. The number of hydrogen-bond acceptors (Lipinski definition) is 5. The molecule has 0 bridgehead atoms. The van der Waals surface area contributed by atoms with Crippen molar-refractivity contribution >= 4 is 6.09 Å². The van der Waals surface area contributed by atoms with Gasteiger partial charge in [0.05, 0.1) is 37.3 Å². The van der Waals surface area contributed by atoms with Gasteiger partial charge in [-0.1, -0.05) is 0 Å². The van der Waals surface area contributed by atoms with Gasteiger partial charge in [0.1, 0.15) is 0 Å². The third kappa shape index (κ3) is 3.93. The fourth-order valence-corrected chi connectivity index (χ4v) is 3.35. The molecule has 26 heavy (non-hydrogen) atoms. The van der Waals surface area contributed by atoms with Crippen LogP contribution in [0.5, 0.6) is 0 Å². The van der Waals surface area contributed by atoms with Crippen LogP contribution in [0.15, 0.2) is 12.4 Å². The maximum absolute atomic E-state index is 13.1. The highest BCUT2D eigenvalue weighted by Gasteiger charge is 2.46. The Kier molecular flexibility index (Phi) is 5.11. The van der Waals surface area contributed by atoms with Crippen LogP contribution in [0, 0.1) is 5.82 Å². The van der Waals surface area contributed by atoms with Crippen LogP contribution < -0.4 is 0 Å². The molecule has 2 aliphatic rings. The zero-order valence-corrected chi connectivity index (χ0v) is 13.8. The van der Waals surface area contributed by atoms with E-state index in [1.807, 2.05) is 0 Å². The summed E-state index contributed by atoms with van der Waals surface area (Å²) in [6, 6.07) is -0.123. The standard InChI is InChI=1S/C15H19F4N3O4/c16-10-6-20-22(7-10)11-5-14(25-9-11)1-3-21(4-2-14)13(24)26-12(8-23)15(17,18)19/h6-7,11-12,23H,1-5,8-9H2/t11-,12-/m1/s1. The Morgan fingerprint density at radius 3 is 2.69 bits per heavy atom. The number of aromatic nitrogens is 2. The van der Waals surface area contributed by atoms with E-state index in [2.05, 4.69) is 9.84 Å². The molecule has 0 saturated carbocycles. The highest BCUT2D eigenvalue weighted by molar-refractivity contribution is 5.68. The number of aliphatic hydroxyl groups excluding tert-OH is 1. The molecule has 146 valence electrons. The average Bonchev–Trinajstić information content (AvgIpc) is 3.19. The van der Waals surface area contributed by atoms with Gasteiger partial charge in [0, 0.05) is 19.5 Å². The third-order valence-corrected chi connectivity index (χ3v) is 4.84. The Morgan fingerprint density at radius 2 is 2.15 bits per heavy atom. The summed E-state index contributed by atoms with van der Waals surface area (Å²) in [4.78, 5) is 13.1. The smallest absolute Gasteiger partial charge is 0.427 e. The monoisotopic (exact) mass is 381 g/mol. The quantitative estimate of drug-likeness (QED) is 0.809. The lowest BCUT2D eigenvalue weighted by Crippen LogP contribution is -2.49. The van der Waals surface area contributed by atoms with Gasteiger partial charge in [0.25, 0.3) is 0 Å². The summed E-state index contributed by atoms with van der Waals surface area (Å²) >= 11 is 0. The molecule has 0 aromatic carbocycles. The molecule has 0 unspecified atom stereocenters. The molecular formula is C15H19F4N3O4. The largest absolute Gasteiger partial charge is 0.434 e. The zero-order valence-electron chi connectivity index (χ0n) is 13.8. The summed E-state index contributed by atoms with van der Waals surface area (Å²) < 4.78 is 62.6. The van der Waals surface area contributed by atoms with Crippen molar-refractivity contribution in [1.82, 2.24) is 14.7 Å². The van der Waals surface area contributed by atoms with Crippen molar-refractivity contribution < 1.29 is 36.9 Å². The Morgan fingerprint density at radius 1 is 1.46 bits per heavy atom. The van der Waals surface area contributed by atoms with Crippen LogP contribution in [-0.4, -0.2) is 70.1 Å². The highest BCUT2D eigenvalue weighted by atomic mass is 19.4. The van der Waals surface area contributed by atoms with Crippen molar-refractivity contribution in [3.05, 3.63) is 18.2 Å². The van der Waals surface area contributed by atoms with Crippen molar-refractivity contribution in [2.75, 3.05) is 26.3 Å². The summed E-state index contributed by atoms with van der Waals surface area (Å²) in [6.45, 7) is -0.617. The summed E-state index contributed by atoms with van der Waals surface area (Å²) in [5, 5.41) is 12.7. The molecule has 0 radical (unpaired) electrons. The van der Waals surface area contributed by atoms with Crippen molar-refractivity contribution in [3.8, 4) is 0 Å². The van der Waals surface area contributed by atoms with Gasteiger partial charge in [-0.15, -0.1) is 0 Å². The second-order valence-electron chi connectivity index (χ2n) is 6.57. The number of likely N-dealkylation sites (tertiary alicyclic amines) is 1. The van der Waals surface area contributed by atoms with E-state index in [1.54, 1.807) is 0 Å². The number of piperidine rings is 1. The number of amides is 1. The number of carbonyl (C=O) groups excluding carboxylic acids is 1. The molecule has 3 heterocycles. The summed E-state index contributed by atoms with van der Waals surface area (Å²) in [7, 11) is 0. The van der Waals surface area contributed by atoms with Crippen molar-refractivity contribution in [2.24, 2.45) is 0 Å². The molecule has 1 amide bonds. The van der Waals surface area contributed by atoms with Crippen LogP contribution in [0.1, 0.15) is 25.3 Å². The number of alkyl halides is 3. The molecule has 2 aliphatic heterocycles. The predicted octanol–water partition coefficient (Wildman–Crippen LogP) is 1.88. The normalized spacial score (nSPS) is 24.0. The van der Waals surface area contributed by atoms with E-state index >= 15 is 0 Å². The lowest BCUT2D eigenvalue weighted by molar-refractivity contribution is -0.215. The van der Waals surface area contributed by atoms with Crippen molar-refractivity contribution in [2.45, 2.75) is 43.2 Å². The van der Waals surface area contributed by atoms with Crippen LogP contribution in [-0.2, 0) is 9.47 Å². The second kappa shape index (κ2) is 7.03. The van der Waals surface area contributed by atoms with E-state index in [1.165, 1.54) is 15.8 Å². The van der Waals surface area contributed by atoms with E-state index in [4.69, 9.17) is 9.84 Å². The number of aliphatic hydroxyl groups is 1. The van der Waals surface area contributed by atoms with Gasteiger partial charge >= 0.3 is 12.3 Å². The Balaban J connectivity index is 1.53.